The maximum absolute atomic E-state index is 11.7. The molecule has 0 saturated carbocycles. The zero-order chi connectivity index (χ0) is 16.2. The summed E-state index contributed by atoms with van der Waals surface area (Å²) in [6, 6.07) is -0.358. The van der Waals surface area contributed by atoms with Crippen LogP contribution < -0.4 is 5.32 Å². The highest BCUT2D eigenvalue weighted by molar-refractivity contribution is 8.14. The quantitative estimate of drug-likeness (QED) is 0.549. The van der Waals surface area contributed by atoms with Gasteiger partial charge in [0.05, 0.1) is 38.2 Å². The molecular weight excluding hydrogens is 324 g/mol. The average Bonchev–Trinajstić information content (AvgIpc) is 2.96. The third-order valence-electron chi connectivity index (χ3n) is 3.78. The molecule has 2 saturated heterocycles. The number of rotatable bonds is 6. The van der Waals surface area contributed by atoms with Gasteiger partial charge in [0, 0.05) is 12.2 Å². The second-order valence-corrected chi connectivity index (χ2v) is 8.40. The van der Waals surface area contributed by atoms with Crippen LogP contribution in [0.5, 0.6) is 0 Å². The first-order chi connectivity index (χ1) is 10.4. The molecule has 2 fully saturated rings. The summed E-state index contributed by atoms with van der Waals surface area (Å²) >= 11 is 2.49. The van der Waals surface area contributed by atoms with Gasteiger partial charge in [0.25, 0.3) is 0 Å². The van der Waals surface area contributed by atoms with Crippen molar-refractivity contribution in [1.29, 1.82) is 0 Å². The minimum Gasteiger partial charge on any atom is -0.455 e. The smallest absolute Gasteiger partial charge is 0.316 e. The number of thioether (sulfide) groups is 2. The Kier molecular flexibility index (Phi) is 6.17. The molecule has 2 rings (SSSR count). The number of amides is 1. The molecule has 2 aliphatic rings. The highest BCUT2D eigenvalue weighted by Crippen LogP contribution is 2.20. The van der Waals surface area contributed by atoms with Crippen LogP contribution in [0, 0.1) is 0 Å². The number of likely N-dealkylation sites (N-methyl/N-ethyl adjacent to an activating group) is 1. The van der Waals surface area contributed by atoms with Crippen LogP contribution in [0.2, 0.25) is 0 Å². The van der Waals surface area contributed by atoms with Crippen LogP contribution in [0.25, 0.3) is 0 Å². The van der Waals surface area contributed by atoms with Gasteiger partial charge in [-0.2, -0.15) is 0 Å². The van der Waals surface area contributed by atoms with E-state index in [4.69, 9.17) is 4.74 Å². The summed E-state index contributed by atoms with van der Waals surface area (Å²) < 4.78 is 6.29. The Labute approximate surface area is 139 Å². The molecule has 1 N–H and O–H groups in total. The lowest BCUT2D eigenvalue weighted by Crippen LogP contribution is -2.38. The number of quaternary nitrogens is 1. The molecule has 0 aliphatic carbocycles. The molecule has 6 nitrogen and oxygen atoms in total. The van der Waals surface area contributed by atoms with Crippen LogP contribution in [0.1, 0.15) is 12.8 Å². The van der Waals surface area contributed by atoms with E-state index in [-0.39, 0.29) is 40.6 Å². The number of likely N-dealkylation sites (tertiary alicyclic amines) is 1. The van der Waals surface area contributed by atoms with Gasteiger partial charge in [-0.15, -0.1) is 11.8 Å². The molecule has 124 valence electrons. The SMILES string of the molecule is C[N+]1(C)CCC(OC(=O)CSCC(=O)NC2CCSC2=O)C1. The molecule has 0 radical (unpaired) electrons. The van der Waals surface area contributed by atoms with Crippen LogP contribution in [-0.2, 0) is 19.1 Å². The van der Waals surface area contributed by atoms with E-state index in [0.717, 1.165) is 29.7 Å². The number of nitrogens with one attached hydrogen (secondary N) is 1. The molecule has 0 bridgehead atoms. The summed E-state index contributed by atoms with van der Waals surface area (Å²) in [5, 5.41) is 2.73. The van der Waals surface area contributed by atoms with E-state index in [1.807, 2.05) is 0 Å². The van der Waals surface area contributed by atoms with E-state index in [1.165, 1.54) is 23.5 Å². The Morgan fingerprint density at radius 2 is 2.14 bits per heavy atom. The van der Waals surface area contributed by atoms with Crippen molar-refractivity contribution in [3.05, 3.63) is 0 Å². The number of nitrogens with zero attached hydrogens (tertiary/aromatic N) is 1. The molecule has 2 aliphatic heterocycles. The van der Waals surface area contributed by atoms with Gasteiger partial charge in [-0.25, -0.2) is 0 Å². The molecule has 22 heavy (non-hydrogen) atoms. The molecule has 8 heteroatoms. The van der Waals surface area contributed by atoms with Crippen molar-refractivity contribution < 1.29 is 23.6 Å². The van der Waals surface area contributed by atoms with E-state index in [0.29, 0.717) is 6.42 Å². The van der Waals surface area contributed by atoms with Crippen molar-refractivity contribution >= 4 is 40.5 Å². The standard InChI is InChI=1S/C14H22N2O4S2/c1-16(2)5-3-10(7-16)20-13(18)9-21-8-12(17)15-11-4-6-22-14(11)19/h10-11H,3-9H2,1-2H3/p+1. The van der Waals surface area contributed by atoms with E-state index in [2.05, 4.69) is 19.4 Å². The van der Waals surface area contributed by atoms with Crippen molar-refractivity contribution in [3.8, 4) is 0 Å². The molecular formula is C14H23N2O4S2+. The van der Waals surface area contributed by atoms with Crippen molar-refractivity contribution in [2.45, 2.75) is 25.0 Å². The molecule has 0 spiro atoms. The molecule has 2 atom stereocenters. The topological polar surface area (TPSA) is 72.5 Å². The number of esters is 1. The van der Waals surface area contributed by atoms with Crippen LogP contribution in [0.3, 0.4) is 0 Å². The first-order valence-electron chi connectivity index (χ1n) is 7.41. The fraction of sp³-hybridized carbons (Fsp3) is 0.786. The van der Waals surface area contributed by atoms with Gasteiger partial charge in [0.15, 0.2) is 6.10 Å². The van der Waals surface area contributed by atoms with Crippen LogP contribution >= 0.6 is 23.5 Å². The fourth-order valence-electron chi connectivity index (χ4n) is 2.63. The van der Waals surface area contributed by atoms with Gasteiger partial charge in [-0.1, -0.05) is 11.8 Å². The van der Waals surface area contributed by atoms with E-state index in [9.17, 15) is 14.4 Å². The summed E-state index contributed by atoms with van der Waals surface area (Å²) in [5.41, 5.74) is 0. The van der Waals surface area contributed by atoms with Crippen molar-refractivity contribution in [3.63, 3.8) is 0 Å². The normalized spacial score (nSPS) is 26.9. The molecule has 2 heterocycles. The summed E-state index contributed by atoms with van der Waals surface area (Å²) in [6.07, 6.45) is 1.58. The zero-order valence-corrected chi connectivity index (χ0v) is 14.6. The first kappa shape index (κ1) is 17.6. The van der Waals surface area contributed by atoms with E-state index in [1.54, 1.807) is 0 Å². The molecule has 0 aromatic carbocycles. The number of hydrogen-bond donors (Lipinski definition) is 1. The summed E-state index contributed by atoms with van der Waals surface area (Å²) in [4.78, 5) is 34.9. The lowest BCUT2D eigenvalue weighted by atomic mass is 10.2. The summed E-state index contributed by atoms with van der Waals surface area (Å²) in [6.45, 7) is 1.86. The molecule has 0 aromatic heterocycles. The predicted molar refractivity (Wildman–Crippen MR) is 87.7 cm³/mol. The first-order valence-corrected chi connectivity index (χ1v) is 9.55. The van der Waals surface area contributed by atoms with Crippen molar-refractivity contribution in [1.82, 2.24) is 5.32 Å². The van der Waals surface area contributed by atoms with Gasteiger partial charge in [-0.05, 0) is 6.42 Å². The molecule has 2 unspecified atom stereocenters. The monoisotopic (exact) mass is 347 g/mol. The Morgan fingerprint density at radius 1 is 1.36 bits per heavy atom. The zero-order valence-electron chi connectivity index (χ0n) is 13.0. The van der Waals surface area contributed by atoms with E-state index < -0.39 is 0 Å². The maximum atomic E-state index is 11.7. The van der Waals surface area contributed by atoms with Gasteiger partial charge in [0.2, 0.25) is 11.0 Å². The molecule has 1 amide bonds. The Bertz CT molecular complexity index is 456. The number of ether oxygens (including phenoxy) is 1. The Balaban J connectivity index is 1.59. The summed E-state index contributed by atoms with van der Waals surface area (Å²) in [7, 11) is 4.24. The van der Waals surface area contributed by atoms with Gasteiger partial charge >= 0.3 is 5.97 Å². The van der Waals surface area contributed by atoms with Gasteiger partial charge in [-0.3, -0.25) is 14.4 Å². The van der Waals surface area contributed by atoms with Crippen LogP contribution in [0.4, 0.5) is 0 Å². The van der Waals surface area contributed by atoms with Crippen molar-refractivity contribution in [2.24, 2.45) is 0 Å². The lowest BCUT2D eigenvalue weighted by molar-refractivity contribution is -0.879. The fourth-order valence-corrected chi connectivity index (χ4v) is 4.17. The van der Waals surface area contributed by atoms with Crippen LogP contribution in [-0.4, -0.2) is 78.1 Å². The third kappa shape index (κ3) is 5.48. The molecule has 0 aromatic rings. The Morgan fingerprint density at radius 3 is 2.73 bits per heavy atom. The van der Waals surface area contributed by atoms with E-state index >= 15 is 0 Å². The third-order valence-corrected chi connectivity index (χ3v) is 5.69. The van der Waals surface area contributed by atoms with Gasteiger partial charge < -0.3 is 14.5 Å². The largest absolute Gasteiger partial charge is 0.455 e. The van der Waals surface area contributed by atoms with Crippen LogP contribution in [0.15, 0.2) is 0 Å². The highest BCUT2D eigenvalue weighted by Gasteiger charge is 2.33. The number of carbonyl (C=O) groups is 3. The van der Waals surface area contributed by atoms with Crippen molar-refractivity contribution in [2.75, 3.05) is 44.4 Å². The maximum Gasteiger partial charge on any atom is 0.316 e. The lowest BCUT2D eigenvalue weighted by Gasteiger charge is -2.22. The highest BCUT2D eigenvalue weighted by atomic mass is 32.2. The Hall–Kier alpha value is -0.730. The number of hydrogen-bond acceptors (Lipinski definition) is 6. The second-order valence-electron chi connectivity index (χ2n) is 6.31. The predicted octanol–water partition coefficient (Wildman–Crippen LogP) is 0.260. The average molecular weight is 347 g/mol. The van der Waals surface area contributed by atoms with Gasteiger partial charge in [0.1, 0.15) is 6.54 Å². The summed E-state index contributed by atoms with van der Waals surface area (Å²) in [5.74, 6) is 0.648. The second kappa shape index (κ2) is 7.70. The minimum absolute atomic E-state index is 0.00920. The minimum atomic E-state index is -0.358. The number of carbonyl (C=O) groups excluding carboxylic acids is 3.